The average Bonchev–Trinajstić information content (AvgIpc) is 2.71. The van der Waals surface area contributed by atoms with Crippen LogP contribution in [-0.2, 0) is 19.6 Å². The van der Waals surface area contributed by atoms with Gasteiger partial charge < -0.3 is 14.8 Å². The highest BCUT2D eigenvalue weighted by Gasteiger charge is 2.36. The van der Waals surface area contributed by atoms with Gasteiger partial charge in [-0.2, -0.15) is 0 Å². The van der Waals surface area contributed by atoms with Gasteiger partial charge in [-0.3, -0.25) is 14.4 Å². The molecule has 0 aromatic heterocycles. The molecule has 0 spiro atoms. The van der Waals surface area contributed by atoms with Crippen molar-refractivity contribution in [2.45, 2.75) is 44.3 Å². The second-order valence-electron chi connectivity index (χ2n) is 8.60. The van der Waals surface area contributed by atoms with Gasteiger partial charge in [0.1, 0.15) is 22.4 Å². The Labute approximate surface area is 211 Å². The molecule has 1 aliphatic rings. The van der Waals surface area contributed by atoms with Crippen LogP contribution in [0.4, 0.5) is 16.2 Å². The van der Waals surface area contributed by atoms with E-state index in [1.807, 2.05) is 0 Å². The van der Waals surface area contributed by atoms with E-state index in [2.05, 4.69) is 26.6 Å². The van der Waals surface area contributed by atoms with Gasteiger partial charge in [-0.25, -0.2) is 13.2 Å². The molecule has 2 aromatic rings. The number of hydrogen-bond donors (Lipinski definition) is 2. The van der Waals surface area contributed by atoms with Gasteiger partial charge in [0.15, 0.2) is 0 Å². The van der Waals surface area contributed by atoms with Crippen molar-refractivity contribution in [1.82, 2.24) is 5.32 Å². The molecule has 2 N–H and O–H groups in total. The fourth-order valence-corrected chi connectivity index (χ4v) is 5.71. The molecule has 3 rings (SSSR count). The van der Waals surface area contributed by atoms with Crippen molar-refractivity contribution < 1.29 is 27.5 Å². The SMILES string of the molecule is CC(=O)NC[C@H]1CN(S(=O)(=O)c2cc(Br)ccc2Cl)c2cc(NC(=O)OC(C)(C)C)ccc2O1. The zero-order valence-corrected chi connectivity index (χ0v) is 22.2. The molecule has 34 heavy (non-hydrogen) atoms. The van der Waals surface area contributed by atoms with Crippen LogP contribution in [0, 0.1) is 0 Å². The van der Waals surface area contributed by atoms with Crippen LogP contribution in [0.15, 0.2) is 45.8 Å². The Hall–Kier alpha value is -2.50. The van der Waals surface area contributed by atoms with E-state index in [4.69, 9.17) is 21.1 Å². The third kappa shape index (κ3) is 6.34. The molecule has 1 atom stereocenters. The largest absolute Gasteiger partial charge is 0.484 e. The fourth-order valence-electron chi connectivity index (χ4n) is 3.20. The maximum Gasteiger partial charge on any atom is 0.412 e. The molecule has 2 aromatic carbocycles. The van der Waals surface area contributed by atoms with Crippen LogP contribution in [0.5, 0.6) is 5.75 Å². The van der Waals surface area contributed by atoms with Gasteiger partial charge in [0.25, 0.3) is 10.0 Å². The second kappa shape index (κ2) is 10.0. The number of halogens is 2. The Balaban J connectivity index is 2.02. The fraction of sp³-hybridized carbons (Fsp3) is 0.364. The van der Waals surface area contributed by atoms with Gasteiger partial charge in [-0.1, -0.05) is 27.5 Å². The van der Waals surface area contributed by atoms with E-state index >= 15 is 0 Å². The normalized spacial score (nSPS) is 15.7. The summed E-state index contributed by atoms with van der Waals surface area (Å²) in [5.74, 6) is 0.00165. The Morgan fingerprint density at radius 3 is 2.59 bits per heavy atom. The number of benzene rings is 2. The monoisotopic (exact) mass is 573 g/mol. The maximum absolute atomic E-state index is 13.7. The lowest BCUT2D eigenvalue weighted by Crippen LogP contribution is -2.48. The topological polar surface area (TPSA) is 114 Å². The van der Waals surface area contributed by atoms with E-state index in [0.29, 0.717) is 10.2 Å². The van der Waals surface area contributed by atoms with Crippen molar-refractivity contribution in [2.75, 3.05) is 22.7 Å². The van der Waals surface area contributed by atoms with Crippen LogP contribution in [0.2, 0.25) is 5.02 Å². The first-order valence-corrected chi connectivity index (χ1v) is 12.9. The van der Waals surface area contributed by atoms with E-state index in [0.717, 1.165) is 4.31 Å². The third-order valence-corrected chi connectivity index (χ3v) is 7.33. The van der Waals surface area contributed by atoms with Crippen molar-refractivity contribution in [3.8, 4) is 5.75 Å². The number of nitrogens with one attached hydrogen (secondary N) is 2. The highest BCUT2D eigenvalue weighted by molar-refractivity contribution is 9.10. The molecule has 0 radical (unpaired) electrons. The van der Waals surface area contributed by atoms with Crippen LogP contribution in [-0.4, -0.2) is 45.2 Å². The van der Waals surface area contributed by atoms with Crippen molar-refractivity contribution in [3.63, 3.8) is 0 Å². The number of carbonyl (C=O) groups excluding carboxylic acids is 2. The second-order valence-corrected chi connectivity index (χ2v) is 11.8. The summed E-state index contributed by atoms with van der Waals surface area (Å²) in [4.78, 5) is 23.5. The molecule has 184 valence electrons. The first-order chi connectivity index (χ1) is 15.8. The molecule has 0 saturated carbocycles. The Kier molecular flexibility index (Phi) is 7.69. The molecule has 12 heteroatoms. The van der Waals surface area contributed by atoms with Crippen molar-refractivity contribution in [1.29, 1.82) is 0 Å². The summed E-state index contributed by atoms with van der Waals surface area (Å²) in [5, 5.41) is 5.30. The van der Waals surface area contributed by atoms with Crippen LogP contribution in [0.1, 0.15) is 27.7 Å². The van der Waals surface area contributed by atoms with Gasteiger partial charge >= 0.3 is 6.09 Å². The summed E-state index contributed by atoms with van der Waals surface area (Å²) in [6.07, 6.45) is -1.33. The van der Waals surface area contributed by atoms with Crippen LogP contribution in [0.25, 0.3) is 0 Å². The zero-order chi connectivity index (χ0) is 25.3. The van der Waals surface area contributed by atoms with Crippen LogP contribution >= 0.6 is 27.5 Å². The van der Waals surface area contributed by atoms with Gasteiger partial charge in [-0.15, -0.1) is 0 Å². The Morgan fingerprint density at radius 1 is 1.24 bits per heavy atom. The average molecular weight is 575 g/mol. The lowest BCUT2D eigenvalue weighted by molar-refractivity contribution is -0.119. The molecule has 0 unspecified atom stereocenters. The van der Waals surface area contributed by atoms with Crippen LogP contribution in [0.3, 0.4) is 0 Å². The molecule has 0 saturated heterocycles. The Bertz CT molecular complexity index is 1220. The van der Waals surface area contributed by atoms with Crippen molar-refractivity contribution in [2.24, 2.45) is 0 Å². The summed E-state index contributed by atoms with van der Waals surface area (Å²) < 4.78 is 40.3. The molecule has 2 amide bonds. The molecule has 9 nitrogen and oxygen atoms in total. The first-order valence-electron chi connectivity index (χ1n) is 10.3. The summed E-state index contributed by atoms with van der Waals surface area (Å²) in [6.45, 7) is 6.58. The lowest BCUT2D eigenvalue weighted by Gasteiger charge is -2.36. The van der Waals surface area contributed by atoms with E-state index in [9.17, 15) is 18.0 Å². The molecule has 0 aliphatic carbocycles. The first kappa shape index (κ1) is 26.1. The number of amides is 2. The lowest BCUT2D eigenvalue weighted by atomic mass is 10.2. The highest BCUT2D eigenvalue weighted by Crippen LogP contribution is 2.40. The number of anilines is 2. The molecular weight excluding hydrogens is 550 g/mol. The van der Waals surface area contributed by atoms with E-state index in [1.165, 1.54) is 25.1 Å². The number of rotatable bonds is 5. The maximum atomic E-state index is 13.7. The predicted molar refractivity (Wildman–Crippen MR) is 133 cm³/mol. The minimum Gasteiger partial charge on any atom is -0.484 e. The number of nitrogens with zero attached hydrogens (tertiary/aromatic N) is 1. The minimum absolute atomic E-state index is 0.0534. The van der Waals surface area contributed by atoms with E-state index in [1.54, 1.807) is 39.0 Å². The van der Waals surface area contributed by atoms with Gasteiger partial charge in [0, 0.05) is 17.1 Å². The van der Waals surface area contributed by atoms with Crippen LogP contribution < -0.4 is 19.7 Å². The highest BCUT2D eigenvalue weighted by atomic mass is 79.9. The number of carbonyl (C=O) groups is 2. The minimum atomic E-state index is -4.14. The van der Waals surface area contributed by atoms with E-state index < -0.39 is 27.8 Å². The number of fused-ring (bicyclic) bond motifs is 1. The van der Waals surface area contributed by atoms with Gasteiger partial charge in [0.2, 0.25) is 5.91 Å². The molecular formula is C22H25BrClN3O6S. The Morgan fingerprint density at radius 2 is 1.94 bits per heavy atom. The van der Waals surface area contributed by atoms with E-state index in [-0.39, 0.29) is 40.4 Å². The molecule has 1 heterocycles. The van der Waals surface area contributed by atoms with Crippen molar-refractivity contribution >= 4 is 60.9 Å². The van der Waals surface area contributed by atoms with Gasteiger partial charge in [0.05, 0.1) is 23.8 Å². The molecule has 0 bridgehead atoms. The predicted octanol–water partition coefficient (Wildman–Crippen LogP) is 4.54. The summed E-state index contributed by atoms with van der Waals surface area (Å²) in [5.41, 5.74) is -0.174. The molecule has 1 aliphatic heterocycles. The quantitative estimate of drug-likeness (QED) is 0.542. The standard InChI is InChI=1S/C22H25BrClN3O6S/c1-13(28)25-11-16-12-27(34(30,31)20-9-14(23)5-7-17(20)24)18-10-15(6-8-19(18)32-16)26-21(29)33-22(2,3)4/h5-10,16H,11-12H2,1-4H3,(H,25,28)(H,26,29)/t16-/m0/s1. The molecule has 0 fully saturated rings. The third-order valence-electron chi connectivity index (χ3n) is 4.58. The number of ether oxygens (including phenoxy) is 2. The number of sulfonamides is 1. The van der Waals surface area contributed by atoms with Crippen molar-refractivity contribution in [3.05, 3.63) is 45.9 Å². The summed E-state index contributed by atoms with van der Waals surface area (Å²) >= 11 is 9.52. The summed E-state index contributed by atoms with van der Waals surface area (Å²) in [6, 6.07) is 9.13. The van der Waals surface area contributed by atoms with Gasteiger partial charge in [-0.05, 0) is 57.2 Å². The summed E-state index contributed by atoms with van der Waals surface area (Å²) in [7, 11) is -4.14. The smallest absolute Gasteiger partial charge is 0.412 e. The zero-order valence-electron chi connectivity index (χ0n) is 19.0. The number of hydrogen-bond acceptors (Lipinski definition) is 6.